The van der Waals surface area contributed by atoms with Crippen LogP contribution in [0.1, 0.15) is 22.4 Å². The van der Waals surface area contributed by atoms with Gasteiger partial charge in [-0.1, -0.05) is 12.2 Å². The summed E-state index contributed by atoms with van der Waals surface area (Å²) in [4.78, 5) is 18.1. The van der Waals surface area contributed by atoms with Crippen LogP contribution in [-0.4, -0.2) is 16.6 Å². The van der Waals surface area contributed by atoms with Crippen LogP contribution in [0, 0.1) is 19.7 Å². The van der Waals surface area contributed by atoms with Gasteiger partial charge in [0.15, 0.2) is 0 Å². The van der Waals surface area contributed by atoms with Crippen LogP contribution in [0.2, 0.25) is 0 Å². The molecule has 0 saturated carbocycles. The molecule has 1 aromatic heterocycles. The molecule has 0 spiro atoms. The number of halogens is 4. The van der Waals surface area contributed by atoms with Crippen LogP contribution in [0.4, 0.5) is 34.6 Å². The molecule has 2 aromatic carbocycles. The van der Waals surface area contributed by atoms with Gasteiger partial charge in [0.25, 0.3) is 0 Å². The van der Waals surface area contributed by atoms with Crippen molar-refractivity contribution in [3.63, 3.8) is 0 Å². The number of pyridine rings is 1. The number of aromatic amines is 1. The highest BCUT2D eigenvalue weighted by molar-refractivity contribution is 7.81. The molecule has 0 fully saturated rings. The van der Waals surface area contributed by atoms with Crippen molar-refractivity contribution < 1.29 is 17.6 Å². The molecule has 1 N–H and O–H groups in total. The monoisotopic (exact) mass is 447 g/mol. The zero-order valence-corrected chi connectivity index (χ0v) is 17.4. The van der Waals surface area contributed by atoms with Crippen molar-refractivity contribution in [1.29, 1.82) is 0 Å². The van der Waals surface area contributed by atoms with E-state index in [-0.39, 0.29) is 17.9 Å². The Hall–Kier alpha value is -3.20. The summed E-state index contributed by atoms with van der Waals surface area (Å²) in [6.45, 7) is 3.50. The van der Waals surface area contributed by atoms with Crippen LogP contribution >= 0.6 is 12.2 Å². The third-order valence-electron chi connectivity index (χ3n) is 5.20. The van der Waals surface area contributed by atoms with Crippen molar-refractivity contribution in [3.8, 4) is 0 Å². The van der Waals surface area contributed by atoms with Gasteiger partial charge < -0.3 is 14.8 Å². The van der Waals surface area contributed by atoms with Crippen molar-refractivity contribution >= 4 is 34.3 Å². The number of alkyl halides is 3. The lowest BCUT2D eigenvalue weighted by atomic mass is 10.0. The number of H-pyrrole nitrogens is 1. The van der Waals surface area contributed by atoms with E-state index in [4.69, 9.17) is 12.2 Å². The number of nitrogens with one attached hydrogen (secondary N) is 1. The predicted octanol–water partition coefficient (Wildman–Crippen LogP) is 5.44. The largest absolute Gasteiger partial charge is 0.416 e. The molecule has 4 nitrogen and oxygen atoms in total. The molecule has 0 atom stereocenters. The van der Waals surface area contributed by atoms with E-state index in [9.17, 15) is 22.4 Å². The van der Waals surface area contributed by atoms with E-state index < -0.39 is 17.6 Å². The van der Waals surface area contributed by atoms with E-state index >= 15 is 0 Å². The van der Waals surface area contributed by atoms with E-state index in [0.717, 1.165) is 12.1 Å². The van der Waals surface area contributed by atoms with E-state index in [1.54, 1.807) is 29.7 Å². The van der Waals surface area contributed by atoms with Gasteiger partial charge in [0.05, 0.1) is 16.9 Å². The van der Waals surface area contributed by atoms with Gasteiger partial charge in [-0.3, -0.25) is 4.79 Å². The molecule has 160 valence electrons. The summed E-state index contributed by atoms with van der Waals surface area (Å²) in [5.41, 5.74) is 1.96. The summed E-state index contributed by atoms with van der Waals surface area (Å²) in [5.74, 6) is -0.439. The third kappa shape index (κ3) is 3.81. The fraction of sp³-hybridized carbons (Fsp3) is 0.182. The van der Waals surface area contributed by atoms with Gasteiger partial charge in [-0.25, -0.2) is 4.39 Å². The van der Waals surface area contributed by atoms with Crippen LogP contribution in [0.25, 0.3) is 0 Å². The highest BCUT2D eigenvalue weighted by Gasteiger charge is 2.35. The molecule has 0 radical (unpaired) electrons. The first-order valence-electron chi connectivity index (χ1n) is 9.33. The average Bonchev–Trinajstić information content (AvgIpc) is 2.68. The summed E-state index contributed by atoms with van der Waals surface area (Å²) >= 11 is 5.62. The summed E-state index contributed by atoms with van der Waals surface area (Å²) in [7, 11) is 0. The van der Waals surface area contributed by atoms with Gasteiger partial charge >= 0.3 is 6.18 Å². The van der Waals surface area contributed by atoms with Gasteiger partial charge in [0.2, 0.25) is 5.56 Å². The molecule has 0 aliphatic carbocycles. The summed E-state index contributed by atoms with van der Waals surface area (Å²) in [6.07, 6.45) is -4.52. The number of thiocarbonyl (C=S) groups is 1. The Morgan fingerprint density at radius 3 is 2.29 bits per heavy atom. The van der Waals surface area contributed by atoms with E-state index in [2.05, 4.69) is 4.98 Å². The Labute approximate surface area is 180 Å². The number of fused-ring (bicyclic) bond motifs is 1. The lowest BCUT2D eigenvalue weighted by Gasteiger charge is -2.41. The topological polar surface area (TPSA) is 39.3 Å². The first kappa shape index (κ1) is 21.0. The Kier molecular flexibility index (Phi) is 5.09. The molecule has 2 heterocycles. The minimum Gasteiger partial charge on any atom is -0.324 e. The number of nitrogens with zero attached hydrogens (tertiary/aromatic N) is 2. The van der Waals surface area contributed by atoms with Crippen molar-refractivity contribution in [3.05, 3.63) is 87.1 Å². The predicted molar refractivity (Wildman–Crippen MR) is 116 cm³/mol. The number of aryl methyl sites for hydroxylation is 2. The Balaban J connectivity index is 1.93. The maximum absolute atomic E-state index is 13.7. The first-order chi connectivity index (χ1) is 14.6. The van der Waals surface area contributed by atoms with E-state index in [1.807, 2.05) is 0 Å². The fourth-order valence-electron chi connectivity index (χ4n) is 3.72. The zero-order chi connectivity index (χ0) is 22.5. The van der Waals surface area contributed by atoms with Gasteiger partial charge in [-0.2, -0.15) is 13.2 Å². The Morgan fingerprint density at radius 2 is 1.65 bits per heavy atom. The standard InChI is InChI=1S/C22H17F4N3OS/c1-12-9-15(23)4-6-17(12)28-11-29(18-7-8-20(30)27-13(18)2)21(31)16-5-3-14(10-19(16)28)22(24,25)26/h3-10H,11H2,1-2H3,(H,27,30). The van der Waals surface area contributed by atoms with Crippen LogP contribution < -0.4 is 15.4 Å². The summed E-state index contributed by atoms with van der Waals surface area (Å²) in [5, 5.41) is 0. The molecule has 0 amide bonds. The molecule has 9 heteroatoms. The number of benzene rings is 2. The maximum atomic E-state index is 13.7. The number of anilines is 3. The minimum absolute atomic E-state index is 0.0898. The average molecular weight is 447 g/mol. The van der Waals surface area contributed by atoms with Crippen molar-refractivity contribution in [2.75, 3.05) is 16.5 Å². The number of hydrogen-bond donors (Lipinski definition) is 1. The van der Waals surface area contributed by atoms with Crippen LogP contribution in [0.5, 0.6) is 0 Å². The molecular weight excluding hydrogens is 430 g/mol. The lowest BCUT2D eigenvalue weighted by molar-refractivity contribution is -0.137. The number of hydrogen-bond acceptors (Lipinski definition) is 3. The highest BCUT2D eigenvalue weighted by atomic mass is 32.1. The van der Waals surface area contributed by atoms with Crippen LogP contribution in [0.3, 0.4) is 0 Å². The quantitative estimate of drug-likeness (QED) is 0.420. The number of aromatic nitrogens is 1. The third-order valence-corrected chi connectivity index (χ3v) is 5.64. The molecule has 4 rings (SSSR count). The second-order valence-corrected chi connectivity index (χ2v) is 7.68. The maximum Gasteiger partial charge on any atom is 0.416 e. The second kappa shape index (κ2) is 7.49. The fourth-order valence-corrected chi connectivity index (χ4v) is 4.04. The Bertz CT molecular complexity index is 1250. The Morgan fingerprint density at radius 1 is 0.935 bits per heavy atom. The van der Waals surface area contributed by atoms with Crippen molar-refractivity contribution in [2.45, 2.75) is 20.0 Å². The highest BCUT2D eigenvalue weighted by Crippen LogP contribution is 2.41. The van der Waals surface area contributed by atoms with Crippen molar-refractivity contribution in [2.24, 2.45) is 0 Å². The minimum atomic E-state index is -4.52. The molecule has 1 aliphatic heterocycles. The molecule has 0 saturated heterocycles. The van der Waals surface area contributed by atoms with Crippen LogP contribution in [0.15, 0.2) is 53.3 Å². The van der Waals surface area contributed by atoms with Gasteiger partial charge in [0, 0.05) is 23.0 Å². The SMILES string of the molecule is Cc1cc(F)ccc1N1CN(c2ccc(=O)[nH]c2C)C(=S)c2ccc(C(F)(F)F)cc21. The summed E-state index contributed by atoms with van der Waals surface area (Å²) in [6, 6.07) is 10.5. The van der Waals surface area contributed by atoms with Gasteiger partial charge in [-0.05, 0) is 61.9 Å². The molecule has 0 bridgehead atoms. The molecule has 31 heavy (non-hydrogen) atoms. The second-order valence-electron chi connectivity index (χ2n) is 7.30. The van der Waals surface area contributed by atoms with Gasteiger partial charge in [-0.15, -0.1) is 0 Å². The zero-order valence-electron chi connectivity index (χ0n) is 16.5. The van der Waals surface area contributed by atoms with Crippen LogP contribution in [-0.2, 0) is 6.18 Å². The molecular formula is C22H17F4N3OS. The first-order valence-corrected chi connectivity index (χ1v) is 9.74. The smallest absolute Gasteiger partial charge is 0.324 e. The van der Waals surface area contributed by atoms with Gasteiger partial charge in [0.1, 0.15) is 17.5 Å². The molecule has 0 unspecified atom stereocenters. The lowest BCUT2D eigenvalue weighted by Crippen LogP contribution is -2.45. The van der Waals surface area contributed by atoms with Crippen molar-refractivity contribution in [1.82, 2.24) is 4.98 Å². The summed E-state index contributed by atoms with van der Waals surface area (Å²) < 4.78 is 53.9. The number of rotatable bonds is 2. The molecule has 3 aromatic rings. The van der Waals surface area contributed by atoms with E-state index in [1.165, 1.54) is 30.3 Å². The normalized spacial score (nSPS) is 14.1. The molecule has 1 aliphatic rings. The van der Waals surface area contributed by atoms with E-state index in [0.29, 0.717) is 33.2 Å².